The predicted molar refractivity (Wildman–Crippen MR) is 111 cm³/mol. The molecule has 2 unspecified atom stereocenters. The Kier molecular flexibility index (Phi) is 7.48. The van der Waals surface area contributed by atoms with E-state index in [1.807, 2.05) is 0 Å². The number of ether oxygens (including phenoxy) is 1. The van der Waals surface area contributed by atoms with E-state index in [1.165, 1.54) is 29.2 Å². The first kappa shape index (κ1) is 19.3. The van der Waals surface area contributed by atoms with Crippen LogP contribution in [0.4, 0.5) is 0 Å². The minimum atomic E-state index is 0.420. The zero-order chi connectivity index (χ0) is 18.2. The molecule has 3 rings (SSSR count). The van der Waals surface area contributed by atoms with Crippen molar-refractivity contribution in [2.45, 2.75) is 45.1 Å². The Morgan fingerprint density at radius 3 is 2.69 bits per heavy atom. The number of nitrogens with one attached hydrogen (secondary N) is 1. The van der Waals surface area contributed by atoms with Gasteiger partial charge >= 0.3 is 0 Å². The fourth-order valence-electron chi connectivity index (χ4n) is 4.13. The largest absolute Gasteiger partial charge is 0.378 e. The second-order valence-electron chi connectivity index (χ2n) is 7.37. The van der Waals surface area contributed by atoms with E-state index in [1.54, 1.807) is 0 Å². The molecule has 2 atom stereocenters. The lowest BCUT2D eigenvalue weighted by Gasteiger charge is -2.24. The molecule has 26 heavy (non-hydrogen) atoms. The lowest BCUT2D eigenvalue weighted by molar-refractivity contribution is 0.0977. The summed E-state index contributed by atoms with van der Waals surface area (Å²) in [6.45, 7) is 10.8. The highest BCUT2D eigenvalue weighted by atomic mass is 16.5. The maximum atomic E-state index is 5.96. The highest BCUT2D eigenvalue weighted by molar-refractivity contribution is 5.86. The molecule has 3 nitrogen and oxygen atoms in total. The van der Waals surface area contributed by atoms with E-state index >= 15 is 0 Å². The van der Waals surface area contributed by atoms with Crippen molar-refractivity contribution in [2.75, 3.05) is 39.3 Å². The van der Waals surface area contributed by atoms with Crippen molar-refractivity contribution < 1.29 is 4.74 Å². The fourth-order valence-corrected chi connectivity index (χ4v) is 4.13. The number of rotatable bonds is 10. The molecule has 0 bridgehead atoms. The molecule has 0 aliphatic carbocycles. The molecular formula is C23H34N2O. The zero-order valence-corrected chi connectivity index (χ0v) is 16.4. The SMILES string of the molecule is CCN(CC)CCNCC(CC1CCCO1)c1cccc2ccccc12. The summed E-state index contributed by atoms with van der Waals surface area (Å²) in [6.07, 6.45) is 3.96. The van der Waals surface area contributed by atoms with E-state index in [9.17, 15) is 0 Å². The van der Waals surface area contributed by atoms with Crippen LogP contribution >= 0.6 is 0 Å². The van der Waals surface area contributed by atoms with Crippen LogP contribution in [0.2, 0.25) is 0 Å². The summed E-state index contributed by atoms with van der Waals surface area (Å²) in [5, 5.41) is 6.46. The molecule has 1 fully saturated rings. The van der Waals surface area contributed by atoms with Crippen LogP contribution in [0.3, 0.4) is 0 Å². The van der Waals surface area contributed by atoms with Gasteiger partial charge in [-0.15, -0.1) is 0 Å². The topological polar surface area (TPSA) is 24.5 Å². The smallest absolute Gasteiger partial charge is 0.0582 e. The van der Waals surface area contributed by atoms with E-state index in [0.29, 0.717) is 12.0 Å². The first-order valence-electron chi connectivity index (χ1n) is 10.3. The number of likely N-dealkylation sites (N-methyl/N-ethyl adjacent to an activating group) is 1. The van der Waals surface area contributed by atoms with Crippen LogP contribution in [0.25, 0.3) is 10.8 Å². The van der Waals surface area contributed by atoms with E-state index in [0.717, 1.165) is 45.8 Å². The van der Waals surface area contributed by atoms with Gasteiger partial charge in [0.2, 0.25) is 0 Å². The van der Waals surface area contributed by atoms with Gasteiger partial charge < -0.3 is 15.0 Å². The number of nitrogens with zero attached hydrogens (tertiary/aromatic N) is 1. The molecule has 3 heteroatoms. The molecule has 1 N–H and O–H groups in total. The third-order valence-corrected chi connectivity index (χ3v) is 5.72. The van der Waals surface area contributed by atoms with Gasteiger partial charge in [-0.05, 0) is 54.6 Å². The molecule has 0 aromatic heterocycles. The zero-order valence-electron chi connectivity index (χ0n) is 16.4. The minimum Gasteiger partial charge on any atom is -0.378 e. The molecule has 1 aliphatic heterocycles. The minimum absolute atomic E-state index is 0.420. The summed E-state index contributed by atoms with van der Waals surface area (Å²) in [4.78, 5) is 2.47. The highest BCUT2D eigenvalue weighted by Gasteiger charge is 2.23. The first-order chi connectivity index (χ1) is 12.8. The van der Waals surface area contributed by atoms with Gasteiger partial charge in [0.25, 0.3) is 0 Å². The molecule has 2 aromatic carbocycles. The number of hydrogen-bond donors (Lipinski definition) is 1. The van der Waals surface area contributed by atoms with Crippen molar-refractivity contribution >= 4 is 10.8 Å². The van der Waals surface area contributed by atoms with Crippen LogP contribution in [-0.4, -0.2) is 50.3 Å². The lowest BCUT2D eigenvalue weighted by atomic mass is 9.88. The van der Waals surface area contributed by atoms with Gasteiger partial charge in [0.1, 0.15) is 0 Å². The Morgan fingerprint density at radius 2 is 1.92 bits per heavy atom. The van der Waals surface area contributed by atoms with E-state index in [2.05, 4.69) is 66.5 Å². The monoisotopic (exact) mass is 354 g/mol. The summed E-state index contributed by atoms with van der Waals surface area (Å²) >= 11 is 0. The van der Waals surface area contributed by atoms with Gasteiger partial charge in [0.15, 0.2) is 0 Å². The Hall–Kier alpha value is -1.42. The lowest BCUT2D eigenvalue weighted by Crippen LogP contribution is -2.34. The fraction of sp³-hybridized carbons (Fsp3) is 0.565. The quantitative estimate of drug-likeness (QED) is 0.639. The summed E-state index contributed by atoms with van der Waals surface area (Å²) < 4.78 is 5.96. The molecule has 0 amide bonds. The summed E-state index contributed by atoms with van der Waals surface area (Å²) in [6, 6.07) is 15.5. The second-order valence-corrected chi connectivity index (χ2v) is 7.37. The summed E-state index contributed by atoms with van der Waals surface area (Å²) in [7, 11) is 0. The van der Waals surface area contributed by atoms with E-state index in [-0.39, 0.29) is 0 Å². The third kappa shape index (κ3) is 5.06. The molecule has 1 heterocycles. The van der Waals surface area contributed by atoms with Crippen LogP contribution in [0, 0.1) is 0 Å². The van der Waals surface area contributed by atoms with Crippen LogP contribution in [0.5, 0.6) is 0 Å². The van der Waals surface area contributed by atoms with Gasteiger partial charge in [-0.25, -0.2) is 0 Å². The molecule has 0 spiro atoms. The van der Waals surface area contributed by atoms with Crippen molar-refractivity contribution in [3.8, 4) is 0 Å². The Morgan fingerprint density at radius 1 is 1.12 bits per heavy atom. The Bertz CT molecular complexity index is 657. The average molecular weight is 355 g/mol. The molecule has 1 saturated heterocycles. The molecule has 2 aromatic rings. The van der Waals surface area contributed by atoms with Crippen LogP contribution in [0.1, 0.15) is 44.6 Å². The van der Waals surface area contributed by atoms with Crippen molar-refractivity contribution in [1.82, 2.24) is 10.2 Å². The molecule has 1 aliphatic rings. The molecule has 0 radical (unpaired) electrons. The molecular weight excluding hydrogens is 320 g/mol. The number of fused-ring (bicyclic) bond motifs is 1. The van der Waals surface area contributed by atoms with Crippen molar-refractivity contribution in [1.29, 1.82) is 0 Å². The number of hydrogen-bond acceptors (Lipinski definition) is 3. The van der Waals surface area contributed by atoms with Crippen molar-refractivity contribution in [2.24, 2.45) is 0 Å². The van der Waals surface area contributed by atoms with E-state index in [4.69, 9.17) is 4.74 Å². The van der Waals surface area contributed by atoms with Crippen LogP contribution < -0.4 is 5.32 Å². The number of benzene rings is 2. The third-order valence-electron chi connectivity index (χ3n) is 5.72. The maximum Gasteiger partial charge on any atom is 0.0582 e. The van der Waals surface area contributed by atoms with Gasteiger partial charge in [-0.1, -0.05) is 56.3 Å². The second kappa shape index (κ2) is 10.1. The normalized spacial score (nSPS) is 18.7. The van der Waals surface area contributed by atoms with Gasteiger partial charge in [-0.2, -0.15) is 0 Å². The summed E-state index contributed by atoms with van der Waals surface area (Å²) in [5.41, 5.74) is 1.47. The van der Waals surface area contributed by atoms with E-state index < -0.39 is 0 Å². The maximum absolute atomic E-state index is 5.96. The van der Waals surface area contributed by atoms with Crippen molar-refractivity contribution in [3.63, 3.8) is 0 Å². The van der Waals surface area contributed by atoms with Gasteiger partial charge in [0.05, 0.1) is 6.10 Å². The standard InChI is InChI=1S/C23H34N2O/c1-3-25(4-2)15-14-24-18-20(17-21-11-8-16-26-21)23-13-7-10-19-9-5-6-12-22(19)23/h5-7,9-10,12-13,20-21,24H,3-4,8,11,14-18H2,1-2H3. The van der Waals surface area contributed by atoms with Crippen LogP contribution in [-0.2, 0) is 4.74 Å². The highest BCUT2D eigenvalue weighted by Crippen LogP contribution is 2.31. The van der Waals surface area contributed by atoms with Gasteiger partial charge in [-0.3, -0.25) is 0 Å². The average Bonchev–Trinajstić information content (AvgIpc) is 3.20. The van der Waals surface area contributed by atoms with Crippen LogP contribution in [0.15, 0.2) is 42.5 Å². The Labute approximate surface area is 158 Å². The first-order valence-corrected chi connectivity index (χ1v) is 10.3. The summed E-state index contributed by atoms with van der Waals surface area (Å²) in [5.74, 6) is 0.501. The van der Waals surface area contributed by atoms with Crippen molar-refractivity contribution in [3.05, 3.63) is 48.0 Å². The molecule has 0 saturated carbocycles. The Balaban J connectivity index is 1.70. The molecule has 142 valence electrons. The predicted octanol–water partition coefficient (Wildman–Crippen LogP) is 4.42. The van der Waals surface area contributed by atoms with Gasteiger partial charge in [0, 0.05) is 26.2 Å².